The molecular formula is C16H21ClN4O. The van der Waals surface area contributed by atoms with Crippen molar-refractivity contribution in [3.8, 4) is 5.75 Å². The molecule has 118 valence electrons. The molecule has 0 radical (unpaired) electrons. The lowest BCUT2D eigenvalue weighted by Crippen LogP contribution is -2.06. The fraction of sp³-hybridized carbons (Fsp3) is 0.375. The normalized spacial score (nSPS) is 10.4. The second-order valence-electron chi connectivity index (χ2n) is 5.07. The van der Waals surface area contributed by atoms with E-state index in [9.17, 15) is 0 Å². The third kappa shape index (κ3) is 4.01. The maximum absolute atomic E-state index is 6.13. The minimum Gasteiger partial charge on any atom is -0.495 e. The first-order valence-electron chi connectivity index (χ1n) is 7.24. The summed E-state index contributed by atoms with van der Waals surface area (Å²) < 4.78 is 5.36. The summed E-state index contributed by atoms with van der Waals surface area (Å²) in [6, 6.07) is 5.63. The standard InChI is InChI=1S/C16H21ClN4O/c1-5-6-18-15-8-11(3)19-16(21-15)20-13-7-10(2)12(17)9-14(13)22-4/h7-9H,5-6H2,1-4H3,(H2,18,19,20,21). The van der Waals surface area contributed by atoms with Crippen LogP contribution in [-0.2, 0) is 0 Å². The Kier molecular flexibility index (Phi) is 5.44. The van der Waals surface area contributed by atoms with E-state index in [1.54, 1.807) is 13.2 Å². The van der Waals surface area contributed by atoms with Gasteiger partial charge >= 0.3 is 0 Å². The molecule has 2 aromatic rings. The van der Waals surface area contributed by atoms with E-state index in [2.05, 4.69) is 27.5 Å². The topological polar surface area (TPSA) is 59.1 Å². The lowest BCUT2D eigenvalue weighted by Gasteiger charge is -2.13. The Labute approximate surface area is 136 Å². The van der Waals surface area contributed by atoms with Crippen LogP contribution >= 0.6 is 11.6 Å². The number of aryl methyl sites for hydroxylation is 2. The van der Waals surface area contributed by atoms with Gasteiger partial charge in [-0.1, -0.05) is 18.5 Å². The van der Waals surface area contributed by atoms with E-state index >= 15 is 0 Å². The molecule has 0 atom stereocenters. The number of hydrogen-bond donors (Lipinski definition) is 2. The number of aromatic nitrogens is 2. The van der Waals surface area contributed by atoms with Gasteiger partial charge in [-0.2, -0.15) is 4.98 Å². The second kappa shape index (κ2) is 7.31. The molecule has 1 aromatic heterocycles. The number of benzene rings is 1. The van der Waals surface area contributed by atoms with Gasteiger partial charge < -0.3 is 15.4 Å². The summed E-state index contributed by atoms with van der Waals surface area (Å²) in [4.78, 5) is 8.89. The van der Waals surface area contributed by atoms with E-state index in [0.717, 1.165) is 35.7 Å². The highest BCUT2D eigenvalue weighted by atomic mass is 35.5. The van der Waals surface area contributed by atoms with Crippen LogP contribution in [0.3, 0.4) is 0 Å². The highest BCUT2D eigenvalue weighted by molar-refractivity contribution is 6.31. The number of hydrogen-bond acceptors (Lipinski definition) is 5. The third-order valence-corrected chi connectivity index (χ3v) is 3.54. The lowest BCUT2D eigenvalue weighted by atomic mass is 10.2. The van der Waals surface area contributed by atoms with Crippen LogP contribution in [-0.4, -0.2) is 23.6 Å². The van der Waals surface area contributed by atoms with E-state index in [1.165, 1.54) is 0 Å². The van der Waals surface area contributed by atoms with E-state index in [4.69, 9.17) is 16.3 Å². The maximum atomic E-state index is 6.13. The summed E-state index contributed by atoms with van der Waals surface area (Å²) >= 11 is 6.13. The molecule has 0 aliphatic heterocycles. The average Bonchev–Trinajstić information content (AvgIpc) is 2.48. The predicted molar refractivity (Wildman–Crippen MR) is 91.6 cm³/mol. The molecule has 0 aliphatic carbocycles. The van der Waals surface area contributed by atoms with E-state index in [0.29, 0.717) is 16.7 Å². The monoisotopic (exact) mass is 320 g/mol. The Morgan fingerprint density at radius 3 is 2.64 bits per heavy atom. The molecule has 0 unspecified atom stereocenters. The van der Waals surface area contributed by atoms with Crippen molar-refractivity contribution in [3.05, 3.63) is 34.5 Å². The summed E-state index contributed by atoms with van der Waals surface area (Å²) in [6.07, 6.45) is 1.04. The number of nitrogens with one attached hydrogen (secondary N) is 2. The molecule has 5 nitrogen and oxygen atoms in total. The zero-order valence-electron chi connectivity index (χ0n) is 13.3. The number of nitrogens with zero attached hydrogens (tertiary/aromatic N) is 2. The molecule has 0 saturated carbocycles. The van der Waals surface area contributed by atoms with Gasteiger partial charge in [-0.05, 0) is 31.9 Å². The van der Waals surface area contributed by atoms with Crippen molar-refractivity contribution in [2.75, 3.05) is 24.3 Å². The van der Waals surface area contributed by atoms with E-state index in [-0.39, 0.29) is 0 Å². The Morgan fingerprint density at radius 2 is 1.95 bits per heavy atom. The van der Waals surface area contributed by atoms with Crippen LogP contribution in [0.2, 0.25) is 5.02 Å². The largest absolute Gasteiger partial charge is 0.495 e. The van der Waals surface area contributed by atoms with Gasteiger partial charge in [0.15, 0.2) is 0 Å². The minimum atomic E-state index is 0.527. The Hall–Kier alpha value is -2.01. The fourth-order valence-corrected chi connectivity index (χ4v) is 2.17. The minimum absolute atomic E-state index is 0.527. The average molecular weight is 321 g/mol. The molecule has 0 saturated heterocycles. The van der Waals surface area contributed by atoms with Gasteiger partial charge in [-0.3, -0.25) is 0 Å². The molecule has 0 bridgehead atoms. The smallest absolute Gasteiger partial charge is 0.229 e. The van der Waals surface area contributed by atoms with Gasteiger partial charge in [0.05, 0.1) is 12.8 Å². The second-order valence-corrected chi connectivity index (χ2v) is 5.48. The number of methoxy groups -OCH3 is 1. The summed E-state index contributed by atoms with van der Waals surface area (Å²) in [5, 5.41) is 7.13. The van der Waals surface area contributed by atoms with Gasteiger partial charge in [0.2, 0.25) is 5.95 Å². The number of rotatable bonds is 6. The molecular weight excluding hydrogens is 300 g/mol. The van der Waals surface area contributed by atoms with Gasteiger partial charge in [0.25, 0.3) is 0 Å². The molecule has 22 heavy (non-hydrogen) atoms. The first-order valence-corrected chi connectivity index (χ1v) is 7.62. The summed E-state index contributed by atoms with van der Waals surface area (Å²) in [5.74, 6) is 1.99. The summed E-state index contributed by atoms with van der Waals surface area (Å²) in [7, 11) is 1.61. The van der Waals surface area contributed by atoms with Crippen LogP contribution in [0.4, 0.5) is 17.5 Å². The zero-order chi connectivity index (χ0) is 16.1. The van der Waals surface area contributed by atoms with Gasteiger partial charge in [-0.15, -0.1) is 0 Å². The van der Waals surface area contributed by atoms with Crippen molar-refractivity contribution in [1.29, 1.82) is 0 Å². The summed E-state index contributed by atoms with van der Waals surface area (Å²) in [5.41, 5.74) is 2.64. The number of halogens is 1. The third-order valence-electron chi connectivity index (χ3n) is 3.14. The van der Waals surface area contributed by atoms with Crippen LogP contribution in [0, 0.1) is 13.8 Å². The first-order chi connectivity index (χ1) is 10.5. The highest BCUT2D eigenvalue weighted by Crippen LogP contribution is 2.32. The molecule has 1 heterocycles. The zero-order valence-corrected chi connectivity index (χ0v) is 14.1. The number of anilines is 3. The molecule has 0 amide bonds. The Balaban J connectivity index is 2.30. The quantitative estimate of drug-likeness (QED) is 0.830. The molecule has 0 fully saturated rings. The first kappa shape index (κ1) is 16.4. The molecule has 6 heteroatoms. The van der Waals surface area contributed by atoms with Crippen molar-refractivity contribution in [2.45, 2.75) is 27.2 Å². The molecule has 2 N–H and O–H groups in total. The van der Waals surface area contributed by atoms with Gasteiger partial charge in [0.1, 0.15) is 11.6 Å². The van der Waals surface area contributed by atoms with E-state index in [1.807, 2.05) is 26.0 Å². The molecule has 0 aliphatic rings. The van der Waals surface area contributed by atoms with E-state index < -0.39 is 0 Å². The van der Waals surface area contributed by atoms with Crippen LogP contribution in [0.1, 0.15) is 24.6 Å². The van der Waals surface area contributed by atoms with Crippen molar-refractivity contribution >= 4 is 29.1 Å². The van der Waals surface area contributed by atoms with Crippen molar-refractivity contribution in [1.82, 2.24) is 9.97 Å². The summed E-state index contributed by atoms with van der Waals surface area (Å²) in [6.45, 7) is 6.87. The van der Waals surface area contributed by atoms with Crippen LogP contribution in [0.15, 0.2) is 18.2 Å². The lowest BCUT2D eigenvalue weighted by molar-refractivity contribution is 0.416. The Bertz CT molecular complexity index is 661. The SMILES string of the molecule is CCCNc1cc(C)nc(Nc2cc(C)c(Cl)cc2OC)n1. The molecule has 2 rings (SSSR count). The number of ether oxygens (including phenoxy) is 1. The van der Waals surface area contributed by atoms with Crippen LogP contribution in [0.5, 0.6) is 5.75 Å². The predicted octanol–water partition coefficient (Wildman–Crippen LogP) is 4.32. The van der Waals surface area contributed by atoms with Crippen LogP contribution in [0.25, 0.3) is 0 Å². The maximum Gasteiger partial charge on any atom is 0.229 e. The Morgan fingerprint density at radius 1 is 1.18 bits per heavy atom. The molecule has 1 aromatic carbocycles. The van der Waals surface area contributed by atoms with Crippen LogP contribution < -0.4 is 15.4 Å². The van der Waals surface area contributed by atoms with Crippen molar-refractivity contribution in [3.63, 3.8) is 0 Å². The fourth-order valence-electron chi connectivity index (χ4n) is 2.02. The molecule has 0 spiro atoms. The van der Waals surface area contributed by atoms with Crippen molar-refractivity contribution < 1.29 is 4.74 Å². The highest BCUT2D eigenvalue weighted by Gasteiger charge is 2.09. The van der Waals surface area contributed by atoms with Gasteiger partial charge in [0, 0.05) is 29.4 Å². The van der Waals surface area contributed by atoms with Gasteiger partial charge in [-0.25, -0.2) is 4.98 Å². The van der Waals surface area contributed by atoms with Crippen molar-refractivity contribution in [2.24, 2.45) is 0 Å².